The summed E-state index contributed by atoms with van der Waals surface area (Å²) in [6, 6.07) is 3.82. The molecule has 1 fully saturated rings. The molecule has 1 aliphatic heterocycles. The number of rotatable bonds is 3. The van der Waals surface area contributed by atoms with E-state index in [9.17, 15) is 14.0 Å². The van der Waals surface area contributed by atoms with E-state index in [1.54, 1.807) is 0 Å². The van der Waals surface area contributed by atoms with Gasteiger partial charge in [0.15, 0.2) is 0 Å². The van der Waals surface area contributed by atoms with Gasteiger partial charge < -0.3 is 5.32 Å². The Morgan fingerprint density at radius 3 is 2.94 bits per heavy atom. The first-order valence-electron chi connectivity index (χ1n) is 5.47. The highest BCUT2D eigenvalue weighted by molar-refractivity contribution is 8.14. The van der Waals surface area contributed by atoms with Crippen molar-refractivity contribution < 1.29 is 14.0 Å². The van der Waals surface area contributed by atoms with Crippen LogP contribution in [-0.4, -0.2) is 22.8 Å². The van der Waals surface area contributed by atoms with Gasteiger partial charge in [-0.25, -0.2) is 4.39 Å². The van der Waals surface area contributed by atoms with Crippen molar-refractivity contribution >= 4 is 34.4 Å². The van der Waals surface area contributed by atoms with Crippen molar-refractivity contribution in [1.82, 2.24) is 5.32 Å². The fraction of sp³-hybridized carbons (Fsp3) is 0.333. The van der Waals surface area contributed by atoms with E-state index in [1.165, 1.54) is 30.0 Å². The van der Waals surface area contributed by atoms with Crippen LogP contribution in [0.1, 0.15) is 12.0 Å². The fourth-order valence-corrected chi connectivity index (χ4v) is 2.90. The first-order valence-corrected chi connectivity index (χ1v) is 6.83. The maximum atomic E-state index is 13.5. The van der Waals surface area contributed by atoms with Gasteiger partial charge in [-0.2, -0.15) is 0 Å². The molecule has 1 amide bonds. The number of carbonyl (C=O) groups excluding carboxylic acids is 2. The number of benzene rings is 1. The zero-order valence-corrected chi connectivity index (χ0v) is 11.0. The second kappa shape index (κ2) is 5.71. The van der Waals surface area contributed by atoms with Crippen molar-refractivity contribution in [3.63, 3.8) is 0 Å². The van der Waals surface area contributed by atoms with Crippen molar-refractivity contribution in [2.24, 2.45) is 0 Å². The minimum Gasteiger partial charge on any atom is -0.345 e. The molecule has 1 N–H and O–H groups in total. The number of amides is 1. The number of hydrogen-bond acceptors (Lipinski definition) is 3. The molecule has 1 atom stereocenters. The summed E-state index contributed by atoms with van der Waals surface area (Å²) in [7, 11) is 0. The molecular formula is C12H11ClFNO2S. The molecule has 0 saturated carbocycles. The van der Waals surface area contributed by atoms with Crippen LogP contribution in [0.15, 0.2) is 18.2 Å². The van der Waals surface area contributed by atoms with Crippen LogP contribution in [0.2, 0.25) is 5.02 Å². The zero-order chi connectivity index (χ0) is 13.1. The Hall–Kier alpha value is -1.07. The van der Waals surface area contributed by atoms with Gasteiger partial charge >= 0.3 is 0 Å². The Morgan fingerprint density at radius 2 is 2.33 bits per heavy atom. The Kier molecular flexibility index (Phi) is 4.24. The first-order chi connectivity index (χ1) is 8.58. The normalized spacial score (nSPS) is 19.0. The molecule has 0 bridgehead atoms. The van der Waals surface area contributed by atoms with Crippen LogP contribution in [-0.2, 0) is 16.0 Å². The fourth-order valence-electron chi connectivity index (χ4n) is 1.73. The summed E-state index contributed by atoms with van der Waals surface area (Å²) >= 11 is 7.03. The van der Waals surface area contributed by atoms with Gasteiger partial charge in [0.1, 0.15) is 5.82 Å². The van der Waals surface area contributed by atoms with E-state index < -0.39 is 11.9 Å². The van der Waals surface area contributed by atoms with Gasteiger partial charge in [0.05, 0.1) is 12.5 Å². The Labute approximate surface area is 113 Å². The lowest BCUT2D eigenvalue weighted by Gasteiger charge is -2.11. The summed E-state index contributed by atoms with van der Waals surface area (Å²) < 4.78 is 13.5. The largest absolute Gasteiger partial charge is 0.345 e. The maximum Gasteiger partial charge on any atom is 0.225 e. The topological polar surface area (TPSA) is 46.2 Å². The molecule has 2 rings (SSSR count). The highest BCUT2D eigenvalue weighted by atomic mass is 35.5. The van der Waals surface area contributed by atoms with Crippen LogP contribution in [0.4, 0.5) is 4.39 Å². The number of halogens is 2. The smallest absolute Gasteiger partial charge is 0.225 e. The van der Waals surface area contributed by atoms with Crippen LogP contribution in [0.5, 0.6) is 0 Å². The number of nitrogens with one attached hydrogen (secondary N) is 1. The van der Waals surface area contributed by atoms with Crippen molar-refractivity contribution in [1.29, 1.82) is 0 Å². The standard InChI is InChI=1S/C12H11ClFNO2S/c13-8-2-1-3-9(14)7(8)6-11(16)15-10-4-5-18-12(10)17/h1-3,10H,4-6H2,(H,15,16). The molecule has 3 nitrogen and oxygen atoms in total. The SMILES string of the molecule is O=C(Cc1c(F)cccc1Cl)NC1CCSC1=O. The van der Waals surface area contributed by atoms with Gasteiger partial charge in [-0.3, -0.25) is 9.59 Å². The molecule has 1 heterocycles. The first kappa shape index (κ1) is 13.4. The third-order valence-electron chi connectivity index (χ3n) is 2.67. The van der Waals surface area contributed by atoms with E-state index in [1.807, 2.05) is 0 Å². The molecule has 96 valence electrons. The quantitative estimate of drug-likeness (QED) is 0.927. The lowest BCUT2D eigenvalue weighted by molar-refractivity contribution is -0.124. The predicted molar refractivity (Wildman–Crippen MR) is 69.1 cm³/mol. The van der Waals surface area contributed by atoms with Gasteiger partial charge in [-0.15, -0.1) is 0 Å². The van der Waals surface area contributed by atoms with E-state index in [0.29, 0.717) is 12.2 Å². The Balaban J connectivity index is 2.01. The van der Waals surface area contributed by atoms with E-state index in [0.717, 1.165) is 0 Å². The van der Waals surface area contributed by atoms with Crippen molar-refractivity contribution in [2.45, 2.75) is 18.9 Å². The molecule has 18 heavy (non-hydrogen) atoms. The summed E-state index contributed by atoms with van der Waals surface area (Å²) in [6.45, 7) is 0. The predicted octanol–water partition coefficient (Wildman–Crippen LogP) is 2.17. The number of thioether (sulfide) groups is 1. The van der Waals surface area contributed by atoms with Crippen LogP contribution < -0.4 is 5.32 Å². The van der Waals surface area contributed by atoms with Gasteiger partial charge in [-0.05, 0) is 18.6 Å². The minimum atomic E-state index is -0.509. The summed E-state index contributed by atoms with van der Waals surface area (Å²) in [6.07, 6.45) is 0.472. The van der Waals surface area contributed by atoms with Crippen LogP contribution >= 0.6 is 23.4 Å². The van der Waals surface area contributed by atoms with E-state index in [-0.39, 0.29) is 28.0 Å². The lowest BCUT2D eigenvalue weighted by atomic mass is 10.1. The highest BCUT2D eigenvalue weighted by Gasteiger charge is 2.27. The van der Waals surface area contributed by atoms with E-state index >= 15 is 0 Å². The van der Waals surface area contributed by atoms with Crippen LogP contribution in [0.3, 0.4) is 0 Å². The highest BCUT2D eigenvalue weighted by Crippen LogP contribution is 2.21. The zero-order valence-electron chi connectivity index (χ0n) is 9.41. The lowest BCUT2D eigenvalue weighted by Crippen LogP contribution is -2.38. The molecule has 0 spiro atoms. The molecule has 0 aromatic heterocycles. The van der Waals surface area contributed by atoms with Crippen molar-refractivity contribution in [2.75, 3.05) is 5.75 Å². The van der Waals surface area contributed by atoms with Gasteiger partial charge in [-0.1, -0.05) is 29.4 Å². The van der Waals surface area contributed by atoms with Crippen molar-refractivity contribution in [3.8, 4) is 0 Å². The third-order valence-corrected chi connectivity index (χ3v) is 4.03. The monoisotopic (exact) mass is 287 g/mol. The molecule has 6 heteroatoms. The molecule has 1 saturated heterocycles. The van der Waals surface area contributed by atoms with Gasteiger partial charge in [0.2, 0.25) is 11.0 Å². The summed E-state index contributed by atoms with van der Waals surface area (Å²) in [4.78, 5) is 23.1. The van der Waals surface area contributed by atoms with Crippen LogP contribution in [0, 0.1) is 5.82 Å². The molecule has 1 aromatic rings. The number of carbonyl (C=O) groups is 2. The average Bonchev–Trinajstić information content (AvgIpc) is 2.70. The van der Waals surface area contributed by atoms with Crippen LogP contribution in [0.25, 0.3) is 0 Å². The Morgan fingerprint density at radius 1 is 1.56 bits per heavy atom. The van der Waals surface area contributed by atoms with Gasteiger partial charge in [0, 0.05) is 16.3 Å². The summed E-state index contributed by atoms with van der Waals surface area (Å²) in [5.41, 5.74) is 0.162. The van der Waals surface area contributed by atoms with E-state index in [4.69, 9.17) is 11.6 Å². The maximum absolute atomic E-state index is 13.5. The minimum absolute atomic E-state index is 0.0389. The summed E-state index contributed by atoms with van der Waals surface area (Å²) in [5, 5.41) is 2.78. The van der Waals surface area contributed by atoms with Gasteiger partial charge in [0.25, 0.3) is 0 Å². The molecule has 1 unspecified atom stereocenters. The Bertz CT molecular complexity index is 475. The molecule has 1 aromatic carbocycles. The van der Waals surface area contributed by atoms with E-state index in [2.05, 4.69) is 5.32 Å². The second-order valence-electron chi connectivity index (χ2n) is 3.95. The second-order valence-corrected chi connectivity index (χ2v) is 5.46. The molecule has 0 aliphatic carbocycles. The molecular weight excluding hydrogens is 277 g/mol. The average molecular weight is 288 g/mol. The molecule has 1 aliphatic rings. The number of hydrogen-bond donors (Lipinski definition) is 1. The van der Waals surface area contributed by atoms with Crippen molar-refractivity contribution in [3.05, 3.63) is 34.6 Å². The summed E-state index contributed by atoms with van der Waals surface area (Å²) in [5.74, 6) is -0.183. The molecule has 0 radical (unpaired) electrons. The third kappa shape index (κ3) is 3.03.